The normalized spacial score (nSPS) is 15.1. The third-order valence-electron chi connectivity index (χ3n) is 5.23. The topological polar surface area (TPSA) is 128 Å². The van der Waals surface area contributed by atoms with Crippen LogP contribution in [0.15, 0.2) is 29.4 Å². The van der Waals surface area contributed by atoms with Gasteiger partial charge in [-0.2, -0.15) is 10.1 Å². The molecular weight excluding hydrogens is 439 g/mol. The van der Waals surface area contributed by atoms with Crippen molar-refractivity contribution in [2.45, 2.75) is 37.2 Å². The number of carbonyl (C=O) groups is 1. The first-order valence-corrected chi connectivity index (χ1v) is 11.7. The zero-order valence-electron chi connectivity index (χ0n) is 17.6. The molecule has 2 N–H and O–H groups in total. The number of rotatable bonds is 6. The summed E-state index contributed by atoms with van der Waals surface area (Å²) in [5.74, 6) is -1.14. The van der Waals surface area contributed by atoms with Gasteiger partial charge in [-0.3, -0.25) is 9.48 Å². The molecule has 1 aliphatic rings. The Morgan fingerprint density at radius 1 is 1.28 bits per heavy atom. The lowest BCUT2D eigenvalue weighted by molar-refractivity contribution is -0.119. The first-order chi connectivity index (χ1) is 15.3. The summed E-state index contributed by atoms with van der Waals surface area (Å²) < 4.78 is 49.0. The van der Waals surface area contributed by atoms with Crippen LogP contribution < -0.4 is 14.8 Å². The van der Waals surface area contributed by atoms with Crippen LogP contribution >= 0.6 is 0 Å². The largest absolute Gasteiger partial charge is 0.473 e. The standard InChI is InChI=1S/C20H23FN6O4S/c1-3-16(28)26-32(29,30)13-4-5-14(15(21)10-13)19-17-18(25-27(19)2)20(24-11-23-17)31-12-6-8-22-9-7-12/h4-5,10-12,22H,3,6-9H2,1-2H3,(H,26,28). The SMILES string of the molecule is CCC(=O)NS(=O)(=O)c1ccc(-c2c3ncnc(OC4CCNCC4)c3nn2C)c(F)c1. The number of aromatic nitrogens is 4. The minimum Gasteiger partial charge on any atom is -0.473 e. The molecule has 1 saturated heterocycles. The molecule has 12 heteroatoms. The maximum Gasteiger partial charge on any atom is 0.264 e. The molecule has 3 aromatic rings. The molecule has 0 unspecified atom stereocenters. The highest BCUT2D eigenvalue weighted by atomic mass is 32.2. The van der Waals surface area contributed by atoms with E-state index in [1.54, 1.807) is 7.05 Å². The number of amides is 1. The Labute approximate surface area is 184 Å². The van der Waals surface area contributed by atoms with Crippen molar-refractivity contribution in [3.05, 3.63) is 30.3 Å². The quantitative estimate of drug-likeness (QED) is 0.564. The summed E-state index contributed by atoms with van der Waals surface area (Å²) >= 11 is 0. The van der Waals surface area contributed by atoms with E-state index in [0.717, 1.165) is 32.0 Å². The lowest BCUT2D eigenvalue weighted by Gasteiger charge is -2.23. The third-order valence-corrected chi connectivity index (χ3v) is 6.60. The monoisotopic (exact) mass is 462 g/mol. The van der Waals surface area contributed by atoms with Gasteiger partial charge in [-0.25, -0.2) is 22.5 Å². The molecule has 1 amide bonds. The van der Waals surface area contributed by atoms with Gasteiger partial charge < -0.3 is 10.1 Å². The predicted octanol–water partition coefficient (Wildman–Crippen LogP) is 1.52. The summed E-state index contributed by atoms with van der Waals surface area (Å²) in [6, 6.07) is 3.43. The van der Waals surface area contributed by atoms with Crippen molar-refractivity contribution < 1.29 is 22.3 Å². The van der Waals surface area contributed by atoms with E-state index in [4.69, 9.17) is 4.74 Å². The van der Waals surface area contributed by atoms with Crippen LogP contribution in [0.25, 0.3) is 22.3 Å². The molecule has 0 radical (unpaired) electrons. The molecule has 0 spiro atoms. The highest BCUT2D eigenvalue weighted by molar-refractivity contribution is 7.90. The number of halogens is 1. The van der Waals surface area contributed by atoms with Crippen LogP contribution in [0.2, 0.25) is 0 Å². The average Bonchev–Trinajstić information content (AvgIpc) is 3.11. The number of hydrogen-bond donors (Lipinski definition) is 2. The molecule has 32 heavy (non-hydrogen) atoms. The van der Waals surface area contributed by atoms with Crippen LogP contribution in [0.3, 0.4) is 0 Å². The van der Waals surface area contributed by atoms with Crippen molar-refractivity contribution in [1.82, 2.24) is 29.8 Å². The van der Waals surface area contributed by atoms with Crippen LogP contribution in [0.5, 0.6) is 5.88 Å². The number of benzene rings is 1. The molecule has 0 bridgehead atoms. The van der Waals surface area contributed by atoms with Crippen molar-refractivity contribution in [3.8, 4) is 17.1 Å². The number of carbonyl (C=O) groups excluding carboxylic acids is 1. The highest BCUT2D eigenvalue weighted by Gasteiger charge is 2.24. The minimum atomic E-state index is -4.17. The van der Waals surface area contributed by atoms with E-state index in [1.807, 2.05) is 4.72 Å². The Morgan fingerprint density at radius 2 is 2.03 bits per heavy atom. The first kappa shape index (κ1) is 22.1. The molecule has 0 aliphatic carbocycles. The van der Waals surface area contributed by atoms with Gasteiger partial charge in [-0.05, 0) is 44.1 Å². The Morgan fingerprint density at radius 3 is 2.72 bits per heavy atom. The fourth-order valence-electron chi connectivity index (χ4n) is 3.57. The van der Waals surface area contributed by atoms with Crippen LogP contribution in [-0.4, -0.2) is 53.3 Å². The number of hydrogen-bond acceptors (Lipinski definition) is 8. The Hall–Kier alpha value is -3.12. The van der Waals surface area contributed by atoms with E-state index in [0.29, 0.717) is 22.6 Å². The van der Waals surface area contributed by atoms with Gasteiger partial charge in [0.1, 0.15) is 23.8 Å². The molecule has 1 aromatic carbocycles. The zero-order valence-corrected chi connectivity index (χ0v) is 18.4. The molecule has 1 aliphatic heterocycles. The second-order valence-electron chi connectivity index (χ2n) is 7.44. The summed E-state index contributed by atoms with van der Waals surface area (Å²) in [6.45, 7) is 3.23. The number of aryl methyl sites for hydroxylation is 1. The maximum atomic E-state index is 15.0. The summed E-state index contributed by atoms with van der Waals surface area (Å²) in [5.41, 5.74) is 1.26. The van der Waals surface area contributed by atoms with E-state index < -0.39 is 21.7 Å². The molecule has 3 heterocycles. The smallest absolute Gasteiger partial charge is 0.264 e. The number of ether oxygens (including phenoxy) is 1. The van der Waals surface area contributed by atoms with E-state index in [-0.39, 0.29) is 23.0 Å². The number of nitrogens with one attached hydrogen (secondary N) is 2. The van der Waals surface area contributed by atoms with Crippen molar-refractivity contribution >= 4 is 27.0 Å². The van der Waals surface area contributed by atoms with Crippen molar-refractivity contribution in [1.29, 1.82) is 0 Å². The Kier molecular flexibility index (Phi) is 6.07. The van der Waals surface area contributed by atoms with Crippen molar-refractivity contribution in [2.24, 2.45) is 7.05 Å². The second-order valence-corrected chi connectivity index (χ2v) is 9.12. The van der Waals surface area contributed by atoms with Crippen LogP contribution in [-0.2, 0) is 21.9 Å². The molecule has 1 fully saturated rings. The van der Waals surface area contributed by atoms with Gasteiger partial charge in [0.25, 0.3) is 10.0 Å². The van der Waals surface area contributed by atoms with E-state index in [9.17, 15) is 13.2 Å². The van der Waals surface area contributed by atoms with Gasteiger partial charge in [-0.1, -0.05) is 6.92 Å². The Bertz CT molecular complexity index is 1270. The lowest BCUT2D eigenvalue weighted by atomic mass is 10.1. The van der Waals surface area contributed by atoms with Crippen LogP contribution in [0.1, 0.15) is 26.2 Å². The number of piperidine rings is 1. The van der Waals surface area contributed by atoms with Gasteiger partial charge in [0, 0.05) is 19.0 Å². The fraction of sp³-hybridized carbons (Fsp3) is 0.400. The summed E-state index contributed by atoms with van der Waals surface area (Å²) in [5, 5.41) is 7.69. The number of sulfonamides is 1. The summed E-state index contributed by atoms with van der Waals surface area (Å²) in [4.78, 5) is 19.6. The van der Waals surface area contributed by atoms with Gasteiger partial charge in [0.05, 0.1) is 10.6 Å². The van der Waals surface area contributed by atoms with E-state index in [1.165, 1.54) is 30.1 Å². The molecule has 10 nitrogen and oxygen atoms in total. The van der Waals surface area contributed by atoms with Gasteiger partial charge in [0.2, 0.25) is 11.8 Å². The molecule has 2 aromatic heterocycles. The van der Waals surface area contributed by atoms with E-state index in [2.05, 4.69) is 20.4 Å². The molecular formula is C20H23FN6O4S. The molecule has 170 valence electrons. The number of nitrogens with zero attached hydrogens (tertiary/aromatic N) is 4. The fourth-order valence-corrected chi connectivity index (χ4v) is 4.64. The van der Waals surface area contributed by atoms with Gasteiger partial charge >= 0.3 is 0 Å². The maximum absolute atomic E-state index is 15.0. The lowest BCUT2D eigenvalue weighted by Crippen LogP contribution is -2.34. The minimum absolute atomic E-state index is 0.000589. The second kappa shape index (κ2) is 8.79. The van der Waals surface area contributed by atoms with Gasteiger partial charge in [-0.15, -0.1) is 0 Å². The number of fused-ring (bicyclic) bond motifs is 1. The molecule has 0 saturated carbocycles. The zero-order chi connectivity index (χ0) is 22.9. The predicted molar refractivity (Wildman–Crippen MR) is 114 cm³/mol. The molecule has 0 atom stereocenters. The Balaban J connectivity index is 1.71. The van der Waals surface area contributed by atoms with Gasteiger partial charge in [0.15, 0.2) is 5.52 Å². The third kappa shape index (κ3) is 4.28. The molecule has 4 rings (SSSR count). The van der Waals surface area contributed by atoms with Crippen LogP contribution in [0, 0.1) is 5.82 Å². The van der Waals surface area contributed by atoms with Crippen molar-refractivity contribution in [3.63, 3.8) is 0 Å². The average molecular weight is 463 g/mol. The summed E-state index contributed by atoms with van der Waals surface area (Å²) in [7, 11) is -2.53. The highest BCUT2D eigenvalue weighted by Crippen LogP contribution is 2.33. The van der Waals surface area contributed by atoms with Crippen molar-refractivity contribution in [2.75, 3.05) is 13.1 Å². The first-order valence-electron chi connectivity index (χ1n) is 10.2. The van der Waals surface area contributed by atoms with E-state index >= 15 is 4.39 Å². The summed E-state index contributed by atoms with van der Waals surface area (Å²) in [6.07, 6.45) is 3.00. The van der Waals surface area contributed by atoms with Crippen LogP contribution in [0.4, 0.5) is 4.39 Å².